The van der Waals surface area contributed by atoms with Gasteiger partial charge in [0.2, 0.25) is 0 Å². The quantitative estimate of drug-likeness (QED) is 0.839. The zero-order chi connectivity index (χ0) is 17.4. The lowest BCUT2D eigenvalue weighted by Crippen LogP contribution is -2.18. The molecule has 0 saturated carbocycles. The topological polar surface area (TPSA) is 64.3 Å². The minimum atomic E-state index is -0.296. The van der Waals surface area contributed by atoms with E-state index >= 15 is 0 Å². The maximum atomic E-state index is 13.1. The van der Waals surface area contributed by atoms with E-state index in [1.807, 2.05) is 18.2 Å². The number of nitrogen functional groups attached to an aromatic ring is 1. The van der Waals surface area contributed by atoms with E-state index in [2.05, 4.69) is 5.32 Å². The molecule has 25 heavy (non-hydrogen) atoms. The molecular weight excluding hydrogens is 319 g/mol. The number of amides is 1. The Kier molecular flexibility index (Phi) is 3.61. The molecule has 2 aliphatic rings. The molecule has 5 heteroatoms. The fourth-order valence-electron chi connectivity index (χ4n) is 2.80. The third-order valence-electron chi connectivity index (χ3n) is 4.11. The summed E-state index contributed by atoms with van der Waals surface area (Å²) in [6.07, 6.45) is 6.97. The Bertz CT molecular complexity index is 943. The smallest absolute Gasteiger partial charge is 0.255 e. The number of allylic oxidation sites excluding steroid dienone is 1. The molecule has 1 atom stereocenters. The summed E-state index contributed by atoms with van der Waals surface area (Å²) in [7, 11) is 0. The van der Waals surface area contributed by atoms with Gasteiger partial charge in [-0.1, -0.05) is 18.2 Å². The van der Waals surface area contributed by atoms with E-state index in [1.54, 1.807) is 36.4 Å². The van der Waals surface area contributed by atoms with E-state index in [4.69, 9.17) is 10.5 Å². The van der Waals surface area contributed by atoms with Gasteiger partial charge in [-0.25, -0.2) is 4.39 Å². The van der Waals surface area contributed by atoms with Crippen LogP contribution >= 0.6 is 0 Å². The van der Waals surface area contributed by atoms with Crippen LogP contribution in [0, 0.1) is 5.82 Å². The maximum absolute atomic E-state index is 13.1. The van der Waals surface area contributed by atoms with E-state index in [0.717, 1.165) is 11.1 Å². The van der Waals surface area contributed by atoms with Gasteiger partial charge < -0.3 is 15.8 Å². The minimum absolute atomic E-state index is 0.191. The van der Waals surface area contributed by atoms with E-state index in [1.165, 1.54) is 12.1 Å². The highest BCUT2D eigenvalue weighted by molar-refractivity contribution is 6.07. The molecular formula is C20H15FN2O2. The zero-order valence-corrected chi connectivity index (χ0v) is 13.2. The van der Waals surface area contributed by atoms with E-state index < -0.39 is 0 Å². The van der Waals surface area contributed by atoms with Crippen LogP contribution in [0.5, 0.6) is 0 Å². The lowest BCUT2D eigenvalue weighted by atomic mass is 10.0. The number of halogens is 1. The number of carbonyl (C=O) groups excluding carboxylic acids is 1. The molecule has 3 N–H and O–H groups in total. The first-order valence-corrected chi connectivity index (χ1v) is 7.84. The fraction of sp³-hybridized carbons (Fsp3) is 0.0500. The molecule has 0 radical (unpaired) electrons. The van der Waals surface area contributed by atoms with Crippen molar-refractivity contribution in [3.8, 4) is 11.1 Å². The summed E-state index contributed by atoms with van der Waals surface area (Å²) in [5.41, 5.74) is 9.17. The number of anilines is 2. The van der Waals surface area contributed by atoms with Crippen LogP contribution < -0.4 is 11.1 Å². The van der Waals surface area contributed by atoms with E-state index in [0.29, 0.717) is 22.7 Å². The SMILES string of the molecule is Nc1ccc(-c2ccc(F)cc2)cc1NC(=O)C1=CC2C=CC(=C1)O2. The molecule has 0 spiro atoms. The van der Waals surface area contributed by atoms with Crippen LogP contribution in [-0.2, 0) is 9.53 Å². The first kappa shape index (κ1) is 15.2. The number of nitrogens with one attached hydrogen (secondary N) is 1. The first-order chi connectivity index (χ1) is 12.1. The van der Waals surface area contributed by atoms with Crippen LogP contribution in [0.1, 0.15) is 0 Å². The van der Waals surface area contributed by atoms with Gasteiger partial charge in [0.1, 0.15) is 17.7 Å². The van der Waals surface area contributed by atoms with Crippen LogP contribution in [0.25, 0.3) is 11.1 Å². The normalized spacial score (nSPS) is 17.6. The van der Waals surface area contributed by atoms with Gasteiger partial charge in [-0.05, 0) is 59.7 Å². The number of carbonyl (C=O) groups is 1. The summed E-state index contributed by atoms with van der Waals surface area (Å²) in [4.78, 5) is 12.5. The van der Waals surface area contributed by atoms with Crippen molar-refractivity contribution >= 4 is 17.3 Å². The molecule has 1 unspecified atom stereocenters. The molecule has 4 nitrogen and oxygen atoms in total. The Labute approximate surface area is 144 Å². The van der Waals surface area contributed by atoms with Gasteiger partial charge in [0.15, 0.2) is 0 Å². The van der Waals surface area contributed by atoms with Crippen molar-refractivity contribution in [3.63, 3.8) is 0 Å². The highest BCUT2D eigenvalue weighted by Gasteiger charge is 2.21. The van der Waals surface area contributed by atoms with Crippen LogP contribution in [-0.4, -0.2) is 12.0 Å². The van der Waals surface area contributed by atoms with Gasteiger partial charge in [0.05, 0.1) is 11.4 Å². The van der Waals surface area contributed by atoms with Crippen molar-refractivity contribution in [3.05, 3.63) is 83.9 Å². The molecule has 0 saturated heterocycles. The maximum Gasteiger partial charge on any atom is 0.255 e. The number of hydrogen-bond acceptors (Lipinski definition) is 3. The number of fused-ring (bicyclic) bond motifs is 2. The van der Waals surface area contributed by atoms with Crippen LogP contribution in [0.4, 0.5) is 15.8 Å². The van der Waals surface area contributed by atoms with Gasteiger partial charge in [-0.15, -0.1) is 0 Å². The molecule has 0 aliphatic carbocycles. The fourth-order valence-corrected chi connectivity index (χ4v) is 2.80. The molecule has 2 heterocycles. The lowest BCUT2D eigenvalue weighted by Gasteiger charge is -2.15. The zero-order valence-electron chi connectivity index (χ0n) is 13.2. The van der Waals surface area contributed by atoms with Gasteiger partial charge in [0, 0.05) is 5.57 Å². The molecule has 0 aromatic heterocycles. The Morgan fingerprint density at radius 2 is 1.88 bits per heavy atom. The van der Waals surface area contributed by atoms with Crippen molar-refractivity contribution in [1.82, 2.24) is 0 Å². The number of ether oxygens (including phenoxy) is 1. The predicted octanol–water partition coefficient (Wildman–Crippen LogP) is 3.79. The second-order valence-corrected chi connectivity index (χ2v) is 5.87. The largest absolute Gasteiger partial charge is 0.482 e. The van der Waals surface area contributed by atoms with E-state index in [9.17, 15) is 9.18 Å². The molecule has 2 aliphatic heterocycles. The van der Waals surface area contributed by atoms with Gasteiger partial charge in [0.25, 0.3) is 5.91 Å². The lowest BCUT2D eigenvalue weighted by molar-refractivity contribution is -0.112. The summed E-state index contributed by atoms with van der Waals surface area (Å²) in [6.45, 7) is 0. The Morgan fingerprint density at radius 1 is 1.12 bits per heavy atom. The monoisotopic (exact) mass is 334 g/mol. The minimum Gasteiger partial charge on any atom is -0.482 e. The Morgan fingerprint density at radius 3 is 2.64 bits per heavy atom. The first-order valence-electron chi connectivity index (χ1n) is 7.84. The van der Waals surface area contributed by atoms with Gasteiger partial charge in [-0.3, -0.25) is 4.79 Å². The molecule has 2 aromatic rings. The van der Waals surface area contributed by atoms with Gasteiger partial charge in [-0.2, -0.15) is 0 Å². The number of benzene rings is 2. The van der Waals surface area contributed by atoms with Crippen molar-refractivity contribution in [2.45, 2.75) is 6.10 Å². The summed E-state index contributed by atoms with van der Waals surface area (Å²) >= 11 is 0. The van der Waals surface area contributed by atoms with Crippen molar-refractivity contribution in [2.24, 2.45) is 0 Å². The van der Waals surface area contributed by atoms with Crippen LogP contribution in [0.2, 0.25) is 0 Å². The summed E-state index contributed by atoms with van der Waals surface area (Å²) in [5, 5.41) is 2.84. The standard InChI is InChI=1S/C20H15FN2O2/c21-15-4-1-12(2-5-15)13-3-8-18(22)19(11-13)23-20(24)14-9-16-6-7-17(10-14)25-16/h1-11,16H,22H2,(H,23,24). The third-order valence-corrected chi connectivity index (χ3v) is 4.11. The molecule has 124 valence electrons. The average molecular weight is 334 g/mol. The van der Waals surface area contributed by atoms with E-state index in [-0.39, 0.29) is 17.8 Å². The summed E-state index contributed by atoms with van der Waals surface area (Å²) in [5.74, 6) is 0.124. The molecule has 1 amide bonds. The highest BCUT2D eigenvalue weighted by Crippen LogP contribution is 2.29. The van der Waals surface area contributed by atoms with Crippen molar-refractivity contribution in [1.29, 1.82) is 0 Å². The number of hydrogen-bond donors (Lipinski definition) is 2. The van der Waals surface area contributed by atoms with Crippen molar-refractivity contribution < 1.29 is 13.9 Å². The molecule has 0 fully saturated rings. The number of rotatable bonds is 3. The number of nitrogens with two attached hydrogens (primary N) is 1. The van der Waals surface area contributed by atoms with Crippen LogP contribution in [0.15, 0.2) is 78.1 Å². The summed E-state index contributed by atoms with van der Waals surface area (Å²) < 4.78 is 18.6. The van der Waals surface area contributed by atoms with Crippen LogP contribution in [0.3, 0.4) is 0 Å². The Hall–Kier alpha value is -3.34. The third kappa shape index (κ3) is 3.04. The second-order valence-electron chi connectivity index (χ2n) is 5.87. The second kappa shape index (κ2) is 5.94. The average Bonchev–Trinajstić information content (AvgIpc) is 2.95. The van der Waals surface area contributed by atoms with Gasteiger partial charge >= 0.3 is 0 Å². The van der Waals surface area contributed by atoms with Crippen molar-refractivity contribution in [2.75, 3.05) is 11.1 Å². The predicted molar refractivity (Wildman–Crippen MR) is 95.1 cm³/mol. The molecule has 2 aromatic carbocycles. The molecule has 2 bridgehead atoms. The summed E-state index contributed by atoms with van der Waals surface area (Å²) in [6, 6.07) is 11.5. The molecule has 4 rings (SSSR count). The highest BCUT2D eigenvalue weighted by atomic mass is 19.1. The Balaban J connectivity index is 1.59.